The summed E-state index contributed by atoms with van der Waals surface area (Å²) in [5.41, 5.74) is 4.50. The number of halogens is 4. The Kier molecular flexibility index (Phi) is 9.95. The Morgan fingerprint density at radius 1 is 0.872 bits per heavy atom. The van der Waals surface area contributed by atoms with Gasteiger partial charge in [0.1, 0.15) is 12.4 Å². The minimum Gasteiger partial charge on any atom is -0.475 e. The highest BCUT2D eigenvalue weighted by Gasteiger charge is 2.38. The van der Waals surface area contributed by atoms with Crippen LogP contribution in [0.3, 0.4) is 0 Å². The number of alkyl halides is 3. The number of amides is 3. The van der Waals surface area contributed by atoms with E-state index in [1.807, 2.05) is 54.6 Å². The van der Waals surface area contributed by atoms with E-state index in [-0.39, 0.29) is 30.8 Å². The third-order valence-corrected chi connectivity index (χ3v) is 7.83. The van der Waals surface area contributed by atoms with Crippen molar-refractivity contribution in [1.29, 1.82) is 0 Å². The number of amidine groups is 1. The van der Waals surface area contributed by atoms with Crippen molar-refractivity contribution in [3.05, 3.63) is 112 Å². The molecule has 0 unspecified atom stereocenters. The fourth-order valence-corrected chi connectivity index (χ4v) is 5.34. The highest BCUT2D eigenvalue weighted by Crippen LogP contribution is 2.30. The van der Waals surface area contributed by atoms with Crippen LogP contribution in [-0.4, -0.2) is 83.3 Å². The van der Waals surface area contributed by atoms with Crippen molar-refractivity contribution < 1.29 is 37.5 Å². The average Bonchev–Trinajstić information content (AvgIpc) is 3.77. The molecule has 14 heteroatoms. The minimum absolute atomic E-state index is 0.0138. The highest BCUT2D eigenvalue weighted by atomic mass is 35.5. The van der Waals surface area contributed by atoms with Gasteiger partial charge in [0.05, 0.1) is 13.1 Å². The SMILES string of the molecule is O=C(O)C(F)(F)F.O=C(c1ccc(CN2C(=O)CN(C(=O)c3ccc(Cl)cc3)Cc3cc(C4=NCCN4)ccc32)cc1)N1CC=CC1. The first-order valence-corrected chi connectivity index (χ1v) is 14.9. The third-order valence-electron chi connectivity index (χ3n) is 7.57. The smallest absolute Gasteiger partial charge is 0.475 e. The normalized spacial score (nSPS) is 15.7. The third kappa shape index (κ3) is 7.98. The van der Waals surface area contributed by atoms with Crippen LogP contribution in [0.5, 0.6) is 0 Å². The Labute approximate surface area is 272 Å². The second-order valence-corrected chi connectivity index (χ2v) is 11.3. The first-order chi connectivity index (χ1) is 22.4. The molecule has 2 N–H and O–H groups in total. The fraction of sp³-hybridized carbons (Fsp3) is 0.242. The summed E-state index contributed by atoms with van der Waals surface area (Å²) >= 11 is 6.03. The molecule has 3 aliphatic heterocycles. The number of carbonyl (C=O) groups is 4. The zero-order valence-corrected chi connectivity index (χ0v) is 25.6. The van der Waals surface area contributed by atoms with Crippen molar-refractivity contribution >= 4 is 46.8 Å². The molecule has 0 aliphatic carbocycles. The highest BCUT2D eigenvalue weighted by molar-refractivity contribution is 6.30. The van der Waals surface area contributed by atoms with Gasteiger partial charge in [-0.1, -0.05) is 35.9 Å². The van der Waals surface area contributed by atoms with E-state index in [0.717, 1.165) is 34.8 Å². The maximum Gasteiger partial charge on any atom is 0.490 e. The van der Waals surface area contributed by atoms with Gasteiger partial charge in [-0.25, -0.2) is 4.79 Å². The molecule has 3 aromatic carbocycles. The van der Waals surface area contributed by atoms with Gasteiger partial charge >= 0.3 is 12.1 Å². The van der Waals surface area contributed by atoms with Gasteiger partial charge in [0.25, 0.3) is 11.8 Å². The Hall–Kier alpha value is -5.17. The van der Waals surface area contributed by atoms with Gasteiger partial charge < -0.3 is 25.1 Å². The molecular formula is C33H29ClF3N5O5. The van der Waals surface area contributed by atoms with E-state index in [2.05, 4.69) is 10.3 Å². The number of aliphatic imine (C=N–C) groups is 1. The fourth-order valence-electron chi connectivity index (χ4n) is 5.21. The summed E-state index contributed by atoms with van der Waals surface area (Å²) in [7, 11) is 0. The van der Waals surface area contributed by atoms with Gasteiger partial charge in [0.15, 0.2) is 0 Å². The molecule has 0 radical (unpaired) electrons. The van der Waals surface area contributed by atoms with Gasteiger partial charge in [-0.15, -0.1) is 0 Å². The molecule has 244 valence electrons. The van der Waals surface area contributed by atoms with Crippen molar-refractivity contribution in [2.75, 3.05) is 37.6 Å². The van der Waals surface area contributed by atoms with Crippen LogP contribution in [0.25, 0.3) is 0 Å². The number of carboxylic acids is 1. The van der Waals surface area contributed by atoms with Crippen molar-refractivity contribution in [3.8, 4) is 0 Å². The van der Waals surface area contributed by atoms with E-state index in [0.29, 0.717) is 42.3 Å². The van der Waals surface area contributed by atoms with Crippen LogP contribution in [0.15, 0.2) is 83.9 Å². The molecule has 0 aromatic heterocycles. The zero-order chi connectivity index (χ0) is 33.7. The molecule has 0 spiro atoms. The lowest BCUT2D eigenvalue weighted by Crippen LogP contribution is -2.39. The maximum absolute atomic E-state index is 13.7. The van der Waals surface area contributed by atoms with Crippen LogP contribution in [0.1, 0.15) is 37.4 Å². The number of hydrogen-bond acceptors (Lipinski definition) is 6. The molecule has 47 heavy (non-hydrogen) atoms. The van der Waals surface area contributed by atoms with E-state index in [4.69, 9.17) is 21.5 Å². The number of fused-ring (bicyclic) bond motifs is 1. The van der Waals surface area contributed by atoms with Gasteiger partial charge in [-0.05, 0) is 65.7 Å². The molecule has 10 nitrogen and oxygen atoms in total. The Morgan fingerprint density at radius 3 is 2.04 bits per heavy atom. The van der Waals surface area contributed by atoms with Crippen molar-refractivity contribution in [2.45, 2.75) is 19.3 Å². The van der Waals surface area contributed by atoms with Crippen LogP contribution in [-0.2, 0) is 22.7 Å². The number of aliphatic carboxylic acids is 1. The largest absolute Gasteiger partial charge is 0.490 e. The van der Waals surface area contributed by atoms with Crippen LogP contribution >= 0.6 is 11.6 Å². The van der Waals surface area contributed by atoms with E-state index >= 15 is 0 Å². The molecule has 3 aliphatic rings. The lowest BCUT2D eigenvalue weighted by Gasteiger charge is -2.24. The van der Waals surface area contributed by atoms with E-state index in [9.17, 15) is 27.6 Å². The van der Waals surface area contributed by atoms with E-state index in [1.165, 1.54) is 0 Å². The number of carboxylic acid groups (broad SMARTS) is 1. The summed E-state index contributed by atoms with van der Waals surface area (Å²) in [5, 5.41) is 11.0. The number of rotatable bonds is 5. The van der Waals surface area contributed by atoms with Crippen molar-refractivity contribution in [1.82, 2.24) is 15.1 Å². The molecule has 0 bridgehead atoms. The number of benzene rings is 3. The standard InChI is InChI=1S/C31H28ClN5O3.C2HF3O2/c32-26-10-7-23(8-11-26)31(40)36-19-25-17-24(29-33-13-14-34-29)9-12-27(25)37(28(38)20-36)18-21-3-5-22(6-4-21)30(39)35-15-1-2-16-35;3-2(4,5)1(6)7/h1-12,17H,13-16,18-20H2,(H,33,34);(H,6,7). The summed E-state index contributed by atoms with van der Waals surface area (Å²) in [4.78, 5) is 58.4. The minimum atomic E-state index is -5.08. The molecule has 3 heterocycles. The summed E-state index contributed by atoms with van der Waals surface area (Å²) in [6.45, 7) is 3.26. The Morgan fingerprint density at radius 2 is 1.47 bits per heavy atom. The number of anilines is 1. The summed E-state index contributed by atoms with van der Waals surface area (Å²) < 4.78 is 31.7. The Bertz CT molecular complexity index is 1730. The monoisotopic (exact) mass is 667 g/mol. The lowest BCUT2D eigenvalue weighted by molar-refractivity contribution is -0.192. The maximum atomic E-state index is 13.7. The first kappa shape index (κ1) is 33.2. The number of nitrogens with one attached hydrogen (secondary N) is 1. The topological polar surface area (TPSA) is 123 Å². The molecular weight excluding hydrogens is 639 g/mol. The van der Waals surface area contributed by atoms with Gasteiger partial charge in [0, 0.05) is 53.6 Å². The molecule has 0 atom stereocenters. The lowest BCUT2D eigenvalue weighted by atomic mass is 10.0. The van der Waals surface area contributed by atoms with Gasteiger partial charge in [-0.2, -0.15) is 13.2 Å². The summed E-state index contributed by atoms with van der Waals surface area (Å²) in [6.07, 6.45) is -1.12. The molecule has 0 fully saturated rings. The summed E-state index contributed by atoms with van der Waals surface area (Å²) in [6, 6.07) is 20.0. The molecule has 6 rings (SSSR count). The molecule has 3 aromatic rings. The predicted octanol–water partition coefficient (Wildman–Crippen LogP) is 4.52. The molecule has 0 saturated carbocycles. The van der Waals surface area contributed by atoms with Crippen molar-refractivity contribution in [2.24, 2.45) is 4.99 Å². The quantitative estimate of drug-likeness (QED) is 0.386. The van der Waals surface area contributed by atoms with Crippen LogP contribution in [0, 0.1) is 0 Å². The zero-order valence-electron chi connectivity index (χ0n) is 24.8. The van der Waals surface area contributed by atoms with Crippen molar-refractivity contribution in [3.63, 3.8) is 0 Å². The Balaban J connectivity index is 0.000000559. The van der Waals surface area contributed by atoms with Gasteiger partial charge in [-0.3, -0.25) is 19.4 Å². The van der Waals surface area contributed by atoms with Crippen LogP contribution in [0.2, 0.25) is 5.02 Å². The van der Waals surface area contributed by atoms with Crippen LogP contribution < -0.4 is 10.2 Å². The van der Waals surface area contributed by atoms with Gasteiger partial charge in [0.2, 0.25) is 5.91 Å². The van der Waals surface area contributed by atoms with E-state index < -0.39 is 12.1 Å². The van der Waals surface area contributed by atoms with E-state index in [1.54, 1.807) is 39.0 Å². The summed E-state index contributed by atoms with van der Waals surface area (Å²) in [5.74, 6) is -2.38. The first-order valence-electron chi connectivity index (χ1n) is 14.5. The molecule has 3 amide bonds. The average molecular weight is 668 g/mol. The predicted molar refractivity (Wildman–Crippen MR) is 168 cm³/mol. The molecule has 0 saturated heterocycles. The van der Waals surface area contributed by atoms with Crippen LogP contribution in [0.4, 0.5) is 18.9 Å². The number of nitrogens with zero attached hydrogens (tertiary/aromatic N) is 4. The number of hydrogen-bond donors (Lipinski definition) is 2. The second-order valence-electron chi connectivity index (χ2n) is 10.8. The second kappa shape index (κ2) is 14.1. The number of carbonyl (C=O) groups excluding carboxylic acids is 3.